The molecular weight excluding hydrogens is 146 g/mol. The van der Waals surface area contributed by atoms with Crippen LogP contribution in [0.4, 0.5) is 8.78 Å². The van der Waals surface area contributed by atoms with Gasteiger partial charge in [0.25, 0.3) is 0 Å². The van der Waals surface area contributed by atoms with E-state index in [0.29, 0.717) is 5.56 Å². The van der Waals surface area contributed by atoms with Crippen molar-refractivity contribution in [2.75, 3.05) is 0 Å². The van der Waals surface area contributed by atoms with E-state index in [2.05, 4.69) is 0 Å². The lowest BCUT2D eigenvalue weighted by molar-refractivity contribution is 0.324. The number of rotatable bonds is 1. The first-order valence-electron chi connectivity index (χ1n) is 3.37. The Kier molecular flexibility index (Phi) is 2.22. The van der Waals surface area contributed by atoms with E-state index >= 15 is 0 Å². The lowest BCUT2D eigenvalue weighted by Crippen LogP contribution is -1.91. The third-order valence-electron chi connectivity index (χ3n) is 1.81. The molecule has 0 spiro atoms. The molecule has 2 heteroatoms. The van der Waals surface area contributed by atoms with Crippen molar-refractivity contribution < 1.29 is 8.78 Å². The first-order valence-corrected chi connectivity index (χ1v) is 3.37. The molecule has 59 valence electrons. The van der Waals surface area contributed by atoms with Crippen molar-refractivity contribution in [1.29, 1.82) is 0 Å². The second-order valence-electron chi connectivity index (χ2n) is 2.51. The quantitative estimate of drug-likeness (QED) is 0.584. The molecule has 0 heterocycles. The summed E-state index contributed by atoms with van der Waals surface area (Å²) in [6.07, 6.45) is -1.61. The van der Waals surface area contributed by atoms with Crippen molar-refractivity contribution in [2.45, 2.75) is 13.8 Å². The molecule has 0 aliphatic carbocycles. The van der Waals surface area contributed by atoms with Crippen molar-refractivity contribution in [1.82, 2.24) is 0 Å². The topological polar surface area (TPSA) is 0 Å². The molecule has 0 bridgehead atoms. The Morgan fingerprint density at radius 1 is 1.18 bits per heavy atom. The fraction of sp³-hybridized carbons (Fsp3) is 0.222. The summed E-state index contributed by atoms with van der Waals surface area (Å²) in [5, 5.41) is 0. The average Bonchev–Trinajstić information content (AvgIpc) is 1.94. The molecule has 1 aromatic rings. The molecule has 0 saturated carbocycles. The summed E-state index contributed by atoms with van der Waals surface area (Å²) in [6.45, 7) is 3.52. The minimum absolute atomic E-state index is 0.0602. The molecule has 0 aromatic heterocycles. The van der Waals surface area contributed by atoms with Crippen molar-refractivity contribution in [3.63, 3.8) is 0 Å². The minimum atomic E-state index is -1.61. The van der Waals surface area contributed by atoms with Crippen LogP contribution in [-0.2, 0) is 0 Å². The molecule has 0 unspecified atom stereocenters. The Bertz CT molecular complexity index is 254. The Hall–Kier alpha value is -0.920. The Morgan fingerprint density at radius 3 is 2.27 bits per heavy atom. The molecule has 0 atom stereocenters. The van der Waals surface area contributed by atoms with Gasteiger partial charge in [0.2, 0.25) is 0 Å². The van der Waals surface area contributed by atoms with Crippen LogP contribution in [0.25, 0.3) is 0 Å². The molecule has 11 heavy (non-hydrogen) atoms. The van der Waals surface area contributed by atoms with Crippen LogP contribution in [0.15, 0.2) is 18.2 Å². The van der Waals surface area contributed by atoms with Gasteiger partial charge in [0, 0.05) is 5.56 Å². The largest absolute Gasteiger partial charge is 0.340 e. The van der Waals surface area contributed by atoms with E-state index in [9.17, 15) is 8.78 Å². The van der Waals surface area contributed by atoms with E-state index < -0.39 is 6.43 Å². The predicted octanol–water partition coefficient (Wildman–Crippen LogP) is 3.08. The second-order valence-corrected chi connectivity index (χ2v) is 2.51. The van der Waals surface area contributed by atoms with Crippen LogP contribution in [0, 0.1) is 20.3 Å². The second kappa shape index (κ2) is 2.99. The van der Waals surface area contributed by atoms with Gasteiger partial charge in [-0.3, -0.25) is 0 Å². The zero-order valence-electron chi connectivity index (χ0n) is 6.49. The maximum atomic E-state index is 12.1. The van der Waals surface area contributed by atoms with Crippen molar-refractivity contribution >= 4 is 0 Å². The van der Waals surface area contributed by atoms with Gasteiger partial charge in [0.15, 0.2) is 0 Å². The van der Waals surface area contributed by atoms with Gasteiger partial charge in [-0.1, -0.05) is 18.2 Å². The maximum Gasteiger partial charge on any atom is 0.340 e. The van der Waals surface area contributed by atoms with Crippen LogP contribution in [0.5, 0.6) is 0 Å². The summed E-state index contributed by atoms with van der Waals surface area (Å²) >= 11 is 0. The monoisotopic (exact) mass is 155 g/mol. The first-order chi connectivity index (χ1) is 5.13. The Balaban J connectivity index is 3.17. The third kappa shape index (κ3) is 1.56. The van der Waals surface area contributed by atoms with Crippen LogP contribution in [0.2, 0.25) is 0 Å². The minimum Gasteiger partial charge on any atom is -0.194 e. The molecule has 1 rings (SSSR count). The van der Waals surface area contributed by atoms with E-state index in [1.165, 1.54) is 6.07 Å². The predicted molar refractivity (Wildman–Crippen MR) is 40.5 cm³/mol. The first kappa shape index (κ1) is 8.18. The SMILES string of the molecule is Cc1cccc([C](F)F)c1C. The van der Waals surface area contributed by atoms with Crippen molar-refractivity contribution in [3.8, 4) is 0 Å². The molecule has 0 amide bonds. The van der Waals surface area contributed by atoms with Crippen molar-refractivity contribution in [3.05, 3.63) is 41.3 Å². The van der Waals surface area contributed by atoms with Gasteiger partial charge in [-0.05, 0) is 25.0 Å². The van der Waals surface area contributed by atoms with E-state index in [1.54, 1.807) is 13.0 Å². The van der Waals surface area contributed by atoms with E-state index in [1.807, 2.05) is 13.0 Å². The summed E-state index contributed by atoms with van der Waals surface area (Å²) in [6, 6.07) is 4.89. The molecule has 0 N–H and O–H groups in total. The Labute approximate surface area is 64.9 Å². The molecule has 0 saturated heterocycles. The normalized spacial score (nSPS) is 10.6. The highest BCUT2D eigenvalue weighted by atomic mass is 19.3. The number of hydrogen-bond acceptors (Lipinski definition) is 0. The highest BCUT2D eigenvalue weighted by Gasteiger charge is 2.12. The summed E-state index contributed by atoms with van der Waals surface area (Å²) in [7, 11) is 0. The molecule has 1 radical (unpaired) electrons. The number of hydrogen-bond donors (Lipinski definition) is 0. The third-order valence-corrected chi connectivity index (χ3v) is 1.81. The van der Waals surface area contributed by atoms with Crippen LogP contribution < -0.4 is 0 Å². The zero-order valence-corrected chi connectivity index (χ0v) is 6.49. The molecule has 1 aromatic carbocycles. The van der Waals surface area contributed by atoms with Crippen LogP contribution in [-0.4, -0.2) is 0 Å². The van der Waals surface area contributed by atoms with E-state index in [4.69, 9.17) is 0 Å². The Morgan fingerprint density at radius 2 is 1.82 bits per heavy atom. The van der Waals surface area contributed by atoms with Gasteiger partial charge >= 0.3 is 6.43 Å². The van der Waals surface area contributed by atoms with Gasteiger partial charge < -0.3 is 0 Å². The van der Waals surface area contributed by atoms with Crippen LogP contribution >= 0.6 is 0 Å². The van der Waals surface area contributed by atoms with Gasteiger partial charge in [-0.2, -0.15) is 8.78 Å². The molecular formula is C9H9F2. The molecule has 0 fully saturated rings. The van der Waals surface area contributed by atoms with Crippen LogP contribution in [0.1, 0.15) is 16.7 Å². The fourth-order valence-electron chi connectivity index (χ4n) is 0.956. The highest BCUT2D eigenvalue weighted by Crippen LogP contribution is 2.22. The standard InChI is InChI=1S/C9H9F2/c1-6-4-3-5-8(7(6)2)9(10)11/h3-5H,1-2H3. The molecule has 0 aliphatic heterocycles. The number of halogens is 2. The van der Waals surface area contributed by atoms with E-state index in [-0.39, 0.29) is 5.56 Å². The van der Waals surface area contributed by atoms with Gasteiger partial charge in [-0.15, -0.1) is 0 Å². The van der Waals surface area contributed by atoms with Crippen molar-refractivity contribution in [2.24, 2.45) is 0 Å². The average molecular weight is 155 g/mol. The highest BCUT2D eigenvalue weighted by molar-refractivity contribution is 5.37. The van der Waals surface area contributed by atoms with Gasteiger partial charge in [-0.25, -0.2) is 0 Å². The summed E-state index contributed by atoms with van der Waals surface area (Å²) in [5.41, 5.74) is 1.62. The van der Waals surface area contributed by atoms with Gasteiger partial charge in [0.05, 0.1) is 0 Å². The molecule has 0 aliphatic rings. The zero-order chi connectivity index (χ0) is 8.43. The smallest absolute Gasteiger partial charge is 0.194 e. The maximum absolute atomic E-state index is 12.1. The summed E-state index contributed by atoms with van der Waals surface area (Å²) in [5.74, 6) is 0. The van der Waals surface area contributed by atoms with E-state index in [0.717, 1.165) is 5.56 Å². The lowest BCUT2D eigenvalue weighted by Gasteiger charge is -2.04. The number of benzene rings is 1. The summed E-state index contributed by atoms with van der Waals surface area (Å²) in [4.78, 5) is 0. The summed E-state index contributed by atoms with van der Waals surface area (Å²) < 4.78 is 24.2. The lowest BCUT2D eigenvalue weighted by atomic mass is 10.0. The molecule has 0 nitrogen and oxygen atoms in total. The van der Waals surface area contributed by atoms with Crippen LogP contribution in [0.3, 0.4) is 0 Å². The van der Waals surface area contributed by atoms with Gasteiger partial charge in [0.1, 0.15) is 0 Å². The number of aryl methyl sites for hydroxylation is 1. The fourth-order valence-corrected chi connectivity index (χ4v) is 0.956.